The van der Waals surface area contributed by atoms with Gasteiger partial charge in [0.1, 0.15) is 5.54 Å². The topological polar surface area (TPSA) is 86.0 Å². The van der Waals surface area contributed by atoms with Crippen LogP contribution in [0.1, 0.15) is 63.1 Å². The van der Waals surface area contributed by atoms with Crippen LogP contribution in [-0.2, 0) is 11.2 Å². The fourth-order valence-corrected chi connectivity index (χ4v) is 4.72. The second-order valence-corrected chi connectivity index (χ2v) is 10.4. The molecule has 3 amide bonds. The summed E-state index contributed by atoms with van der Waals surface area (Å²) in [6.07, 6.45) is 2.22. The zero-order valence-corrected chi connectivity index (χ0v) is 22.2. The summed E-state index contributed by atoms with van der Waals surface area (Å²) in [5.74, 6) is 0.168. The predicted molar refractivity (Wildman–Crippen MR) is 152 cm³/mol. The van der Waals surface area contributed by atoms with Gasteiger partial charge in [-0.1, -0.05) is 82.3 Å². The molecule has 0 saturated carbocycles. The normalized spacial score (nSPS) is 12.9. The highest BCUT2D eigenvalue weighted by Gasteiger charge is 2.36. The number of aromatic nitrogens is 1. The van der Waals surface area contributed by atoms with Crippen molar-refractivity contribution in [3.63, 3.8) is 0 Å². The first-order chi connectivity index (χ1) is 17.7. The van der Waals surface area contributed by atoms with Gasteiger partial charge < -0.3 is 20.9 Å². The molecule has 1 heterocycles. The Morgan fingerprint density at radius 3 is 2.08 bits per heavy atom. The summed E-state index contributed by atoms with van der Waals surface area (Å²) in [5, 5.41) is 10.1. The molecule has 0 aliphatic heterocycles. The zero-order valence-electron chi connectivity index (χ0n) is 22.2. The lowest BCUT2D eigenvalue weighted by Gasteiger charge is -2.30. The van der Waals surface area contributed by atoms with Gasteiger partial charge >= 0.3 is 6.03 Å². The standard InChI is InChI=1S/C31H36N4O2/c1-20(2)24-15-11-16-25(21(3)4)28(24)34-30(37)35-31(5,29(36)33-23-12-7-6-8-13-23)18-22-19-32-27-17-10-9-14-26(22)27/h6-17,19-21,32H,18H2,1-5H3,(H,33,36)(H2,34,35,37). The summed E-state index contributed by atoms with van der Waals surface area (Å²) in [5.41, 5.74) is 4.32. The number of urea groups is 1. The summed E-state index contributed by atoms with van der Waals surface area (Å²) < 4.78 is 0. The molecule has 0 spiro atoms. The summed E-state index contributed by atoms with van der Waals surface area (Å²) in [4.78, 5) is 30.5. The van der Waals surface area contributed by atoms with Gasteiger partial charge in [0.2, 0.25) is 5.91 Å². The number of anilines is 2. The van der Waals surface area contributed by atoms with Crippen molar-refractivity contribution < 1.29 is 9.59 Å². The molecule has 0 fully saturated rings. The number of para-hydroxylation sites is 3. The fraction of sp³-hybridized carbons (Fsp3) is 0.290. The van der Waals surface area contributed by atoms with Crippen molar-refractivity contribution in [1.29, 1.82) is 0 Å². The number of fused-ring (bicyclic) bond motifs is 1. The monoisotopic (exact) mass is 496 g/mol. The van der Waals surface area contributed by atoms with Crippen LogP contribution in [0.4, 0.5) is 16.2 Å². The van der Waals surface area contributed by atoms with E-state index in [-0.39, 0.29) is 17.7 Å². The van der Waals surface area contributed by atoms with Gasteiger partial charge in [0.25, 0.3) is 0 Å². The van der Waals surface area contributed by atoms with Crippen molar-refractivity contribution in [3.05, 3.63) is 95.7 Å². The molecule has 0 radical (unpaired) electrons. The van der Waals surface area contributed by atoms with Gasteiger partial charge in [-0.05, 0) is 53.6 Å². The number of hydrogen-bond donors (Lipinski definition) is 4. The van der Waals surface area contributed by atoms with E-state index in [1.165, 1.54) is 0 Å². The zero-order chi connectivity index (χ0) is 26.6. The third-order valence-electron chi connectivity index (χ3n) is 6.75. The van der Waals surface area contributed by atoms with Crippen LogP contribution in [0.5, 0.6) is 0 Å². The fourth-order valence-electron chi connectivity index (χ4n) is 4.72. The van der Waals surface area contributed by atoms with E-state index in [1.54, 1.807) is 6.92 Å². The van der Waals surface area contributed by atoms with Crippen LogP contribution >= 0.6 is 0 Å². The number of H-pyrrole nitrogens is 1. The Labute approximate surface area is 218 Å². The van der Waals surface area contributed by atoms with Crippen LogP contribution in [0.15, 0.2) is 79.0 Å². The van der Waals surface area contributed by atoms with E-state index in [0.29, 0.717) is 12.1 Å². The minimum absolute atomic E-state index is 0.230. The summed E-state index contributed by atoms with van der Waals surface area (Å²) >= 11 is 0. The molecule has 0 aliphatic carbocycles. The molecule has 1 aromatic heterocycles. The van der Waals surface area contributed by atoms with Crippen molar-refractivity contribution in [2.75, 3.05) is 10.6 Å². The number of carbonyl (C=O) groups is 2. The summed E-state index contributed by atoms with van der Waals surface area (Å²) in [6.45, 7) is 10.2. The first-order valence-electron chi connectivity index (χ1n) is 12.8. The molecule has 4 N–H and O–H groups in total. The molecule has 1 atom stereocenters. The van der Waals surface area contributed by atoms with Crippen molar-refractivity contribution in [3.8, 4) is 0 Å². The lowest BCUT2D eigenvalue weighted by atomic mass is 9.91. The molecule has 6 heteroatoms. The SMILES string of the molecule is CC(C)c1cccc(C(C)C)c1NC(=O)NC(C)(Cc1c[nH]c2ccccc12)C(=O)Nc1ccccc1. The van der Waals surface area contributed by atoms with Crippen molar-refractivity contribution >= 4 is 34.2 Å². The highest BCUT2D eigenvalue weighted by Crippen LogP contribution is 2.32. The third kappa shape index (κ3) is 5.85. The van der Waals surface area contributed by atoms with E-state index in [9.17, 15) is 9.59 Å². The molecule has 6 nitrogen and oxygen atoms in total. The van der Waals surface area contributed by atoms with Crippen LogP contribution in [0.25, 0.3) is 10.9 Å². The first kappa shape index (κ1) is 26.0. The maximum atomic E-state index is 13.7. The molecule has 0 aliphatic rings. The highest BCUT2D eigenvalue weighted by molar-refractivity contribution is 6.03. The highest BCUT2D eigenvalue weighted by atomic mass is 16.2. The second kappa shape index (κ2) is 10.9. The number of nitrogens with one attached hydrogen (secondary N) is 4. The molecular weight excluding hydrogens is 460 g/mol. The Kier molecular flexibility index (Phi) is 7.67. The number of benzene rings is 3. The minimum atomic E-state index is -1.23. The number of rotatable bonds is 8. The lowest BCUT2D eigenvalue weighted by molar-refractivity contribution is -0.121. The molecular formula is C31H36N4O2. The van der Waals surface area contributed by atoms with Crippen molar-refractivity contribution in [1.82, 2.24) is 10.3 Å². The smallest absolute Gasteiger partial charge is 0.320 e. The van der Waals surface area contributed by atoms with E-state index < -0.39 is 11.6 Å². The van der Waals surface area contributed by atoms with Gasteiger partial charge in [0.15, 0.2) is 0 Å². The Bertz CT molecular complexity index is 1360. The molecule has 4 aromatic rings. The average molecular weight is 497 g/mol. The number of hydrogen-bond acceptors (Lipinski definition) is 2. The molecule has 37 heavy (non-hydrogen) atoms. The van der Waals surface area contributed by atoms with Crippen LogP contribution in [0.3, 0.4) is 0 Å². The molecule has 3 aromatic carbocycles. The van der Waals surface area contributed by atoms with Crippen LogP contribution in [0, 0.1) is 0 Å². The number of amides is 3. The predicted octanol–water partition coefficient (Wildman–Crippen LogP) is 7.18. The van der Waals surface area contributed by atoms with E-state index in [2.05, 4.69) is 48.6 Å². The van der Waals surface area contributed by atoms with Gasteiger partial charge in [0.05, 0.1) is 0 Å². The quantitative estimate of drug-likeness (QED) is 0.208. The van der Waals surface area contributed by atoms with Crippen LogP contribution < -0.4 is 16.0 Å². The Morgan fingerprint density at radius 2 is 1.43 bits per heavy atom. The number of carbonyl (C=O) groups excluding carboxylic acids is 2. The Morgan fingerprint density at radius 1 is 0.811 bits per heavy atom. The largest absolute Gasteiger partial charge is 0.361 e. The number of aromatic amines is 1. The maximum absolute atomic E-state index is 13.7. The van der Waals surface area contributed by atoms with E-state index in [0.717, 1.165) is 33.3 Å². The maximum Gasteiger partial charge on any atom is 0.320 e. The van der Waals surface area contributed by atoms with Crippen LogP contribution in [0.2, 0.25) is 0 Å². The minimum Gasteiger partial charge on any atom is -0.361 e. The second-order valence-electron chi connectivity index (χ2n) is 10.4. The molecule has 192 valence electrons. The van der Waals surface area contributed by atoms with E-state index >= 15 is 0 Å². The van der Waals surface area contributed by atoms with E-state index in [1.807, 2.05) is 79.0 Å². The van der Waals surface area contributed by atoms with Crippen molar-refractivity contribution in [2.24, 2.45) is 0 Å². The summed E-state index contributed by atoms with van der Waals surface area (Å²) in [6, 6.07) is 22.9. The van der Waals surface area contributed by atoms with Gasteiger partial charge in [-0.25, -0.2) is 4.79 Å². The van der Waals surface area contributed by atoms with Gasteiger partial charge in [0, 0.05) is 34.9 Å². The molecule has 0 bridgehead atoms. The lowest BCUT2D eigenvalue weighted by Crippen LogP contribution is -2.57. The first-order valence-corrected chi connectivity index (χ1v) is 12.8. The third-order valence-corrected chi connectivity index (χ3v) is 6.75. The Hall–Kier alpha value is -4.06. The molecule has 1 unspecified atom stereocenters. The van der Waals surface area contributed by atoms with Gasteiger partial charge in [-0.2, -0.15) is 0 Å². The van der Waals surface area contributed by atoms with Gasteiger partial charge in [-0.3, -0.25) is 4.79 Å². The summed E-state index contributed by atoms with van der Waals surface area (Å²) in [7, 11) is 0. The van der Waals surface area contributed by atoms with Crippen LogP contribution in [-0.4, -0.2) is 22.5 Å². The molecule has 4 rings (SSSR count). The molecule has 0 saturated heterocycles. The van der Waals surface area contributed by atoms with E-state index in [4.69, 9.17) is 0 Å². The van der Waals surface area contributed by atoms with Gasteiger partial charge in [-0.15, -0.1) is 0 Å². The average Bonchev–Trinajstić information content (AvgIpc) is 3.26. The Balaban J connectivity index is 1.66. The van der Waals surface area contributed by atoms with Crippen molar-refractivity contribution in [2.45, 2.75) is 58.4 Å².